The number of ether oxygens (including phenoxy) is 2. The van der Waals surface area contributed by atoms with E-state index in [1.165, 1.54) is 4.31 Å². The summed E-state index contributed by atoms with van der Waals surface area (Å²) in [6.07, 6.45) is 2.32. The van der Waals surface area contributed by atoms with Crippen LogP contribution in [0.2, 0.25) is 0 Å². The molecular formula is C18H23N3O4S. The van der Waals surface area contributed by atoms with Gasteiger partial charge in [0.25, 0.3) is 0 Å². The van der Waals surface area contributed by atoms with Gasteiger partial charge < -0.3 is 9.47 Å². The van der Waals surface area contributed by atoms with E-state index in [2.05, 4.69) is 16.3 Å². The van der Waals surface area contributed by atoms with Gasteiger partial charge in [0.1, 0.15) is 16.4 Å². The first kappa shape index (κ1) is 17.4. The number of likely N-dealkylation sites (N-methyl/N-ethyl adjacent to an activating group) is 1. The van der Waals surface area contributed by atoms with Crippen molar-refractivity contribution in [1.29, 1.82) is 0 Å². The van der Waals surface area contributed by atoms with Crippen LogP contribution in [0.4, 0.5) is 0 Å². The highest BCUT2D eigenvalue weighted by molar-refractivity contribution is 7.89. The van der Waals surface area contributed by atoms with Crippen LogP contribution in [0.1, 0.15) is 28.1 Å². The molecule has 0 fully saturated rings. The second kappa shape index (κ2) is 6.28. The first-order chi connectivity index (χ1) is 12.4. The van der Waals surface area contributed by atoms with Crippen molar-refractivity contribution in [3.05, 3.63) is 34.1 Å². The average molecular weight is 377 g/mol. The SMILES string of the molecule is Cc1n[nH]c(C)c1S(=O)(=O)N(C)CCc1c2c(cc3c1OCC3)OCC2. The number of aromatic amines is 1. The first-order valence-corrected chi connectivity index (χ1v) is 10.2. The molecule has 1 aromatic carbocycles. The summed E-state index contributed by atoms with van der Waals surface area (Å²) in [6.45, 7) is 5.15. The Morgan fingerprint density at radius 3 is 2.73 bits per heavy atom. The maximum Gasteiger partial charge on any atom is 0.246 e. The van der Waals surface area contributed by atoms with E-state index in [9.17, 15) is 8.42 Å². The van der Waals surface area contributed by atoms with Crippen LogP contribution in [0.3, 0.4) is 0 Å². The lowest BCUT2D eigenvalue weighted by Crippen LogP contribution is -2.30. The van der Waals surface area contributed by atoms with Crippen molar-refractivity contribution in [2.75, 3.05) is 26.8 Å². The second-order valence-electron chi connectivity index (χ2n) is 6.86. The van der Waals surface area contributed by atoms with Crippen molar-refractivity contribution in [1.82, 2.24) is 14.5 Å². The Kier molecular flexibility index (Phi) is 4.19. The van der Waals surface area contributed by atoms with Gasteiger partial charge in [-0.15, -0.1) is 0 Å². The molecule has 2 aliphatic heterocycles. The van der Waals surface area contributed by atoms with Crippen LogP contribution in [-0.4, -0.2) is 49.7 Å². The van der Waals surface area contributed by atoms with E-state index in [0.717, 1.165) is 41.0 Å². The van der Waals surface area contributed by atoms with Gasteiger partial charge in [-0.1, -0.05) is 0 Å². The minimum atomic E-state index is -3.59. The number of hydrogen-bond donors (Lipinski definition) is 1. The minimum Gasteiger partial charge on any atom is -0.493 e. The van der Waals surface area contributed by atoms with E-state index in [1.54, 1.807) is 20.9 Å². The van der Waals surface area contributed by atoms with Crippen LogP contribution in [-0.2, 0) is 29.3 Å². The van der Waals surface area contributed by atoms with Crippen LogP contribution in [0.15, 0.2) is 11.0 Å². The molecule has 3 heterocycles. The molecule has 0 bridgehead atoms. The Labute approximate surface area is 153 Å². The fraction of sp³-hybridized carbons (Fsp3) is 0.500. The summed E-state index contributed by atoms with van der Waals surface area (Å²) >= 11 is 0. The van der Waals surface area contributed by atoms with Crippen LogP contribution in [0, 0.1) is 13.8 Å². The molecule has 140 valence electrons. The Morgan fingerprint density at radius 1 is 1.23 bits per heavy atom. The molecule has 0 amide bonds. The van der Waals surface area contributed by atoms with Gasteiger partial charge in [-0.3, -0.25) is 5.10 Å². The number of aromatic nitrogens is 2. The first-order valence-electron chi connectivity index (χ1n) is 8.80. The molecule has 8 heteroatoms. The Morgan fingerprint density at radius 2 is 2.00 bits per heavy atom. The normalized spacial score (nSPS) is 15.7. The second-order valence-corrected chi connectivity index (χ2v) is 8.84. The Hall–Kier alpha value is -2.06. The van der Waals surface area contributed by atoms with Crippen molar-refractivity contribution < 1.29 is 17.9 Å². The van der Waals surface area contributed by atoms with Gasteiger partial charge in [-0.25, -0.2) is 12.7 Å². The monoisotopic (exact) mass is 377 g/mol. The number of nitrogens with one attached hydrogen (secondary N) is 1. The molecular weight excluding hydrogens is 354 g/mol. The third kappa shape index (κ3) is 2.68. The molecule has 26 heavy (non-hydrogen) atoms. The summed E-state index contributed by atoms with van der Waals surface area (Å²) in [7, 11) is -1.97. The highest BCUT2D eigenvalue weighted by Gasteiger charge is 2.30. The molecule has 0 spiro atoms. The zero-order chi connectivity index (χ0) is 18.5. The number of sulfonamides is 1. The third-order valence-electron chi connectivity index (χ3n) is 5.17. The van der Waals surface area contributed by atoms with Crippen LogP contribution >= 0.6 is 0 Å². The van der Waals surface area contributed by atoms with Gasteiger partial charge in [0.05, 0.1) is 24.6 Å². The topological polar surface area (TPSA) is 84.5 Å². The number of aryl methyl sites for hydroxylation is 2. The molecule has 0 radical (unpaired) electrons. The molecule has 1 aromatic heterocycles. The summed E-state index contributed by atoms with van der Waals surface area (Å²) in [5.74, 6) is 1.85. The molecule has 0 atom stereocenters. The van der Waals surface area contributed by atoms with Gasteiger partial charge in [0, 0.05) is 43.1 Å². The van der Waals surface area contributed by atoms with Gasteiger partial charge in [0.2, 0.25) is 10.0 Å². The maximum absolute atomic E-state index is 12.9. The summed E-state index contributed by atoms with van der Waals surface area (Å²) < 4.78 is 38.8. The lowest BCUT2D eigenvalue weighted by Gasteiger charge is -2.19. The third-order valence-corrected chi connectivity index (χ3v) is 7.29. The fourth-order valence-corrected chi connectivity index (χ4v) is 5.31. The van der Waals surface area contributed by atoms with Gasteiger partial charge in [-0.05, 0) is 26.3 Å². The van der Waals surface area contributed by atoms with Crippen LogP contribution in [0.25, 0.3) is 0 Å². The number of rotatable bonds is 5. The smallest absolute Gasteiger partial charge is 0.246 e. The van der Waals surface area contributed by atoms with E-state index in [0.29, 0.717) is 37.6 Å². The zero-order valence-electron chi connectivity index (χ0n) is 15.3. The Bertz CT molecular complexity index is 914. The van der Waals surface area contributed by atoms with Crippen molar-refractivity contribution in [3.63, 3.8) is 0 Å². The standard InChI is InChI=1S/C18H23N3O4S/c1-11-18(12(2)20-19-11)26(22,23)21(3)7-4-15-14-6-9-24-16(14)10-13-5-8-25-17(13)15/h10H,4-9H2,1-3H3,(H,19,20). The molecule has 2 aliphatic rings. The van der Waals surface area contributed by atoms with E-state index in [-0.39, 0.29) is 4.90 Å². The molecule has 0 saturated heterocycles. The number of hydrogen-bond acceptors (Lipinski definition) is 5. The Balaban J connectivity index is 1.61. The molecule has 0 unspecified atom stereocenters. The number of benzene rings is 1. The lowest BCUT2D eigenvalue weighted by atomic mass is 9.97. The number of H-pyrrole nitrogens is 1. The molecule has 4 rings (SSSR count). The lowest BCUT2D eigenvalue weighted by molar-refractivity contribution is 0.351. The van der Waals surface area contributed by atoms with Crippen molar-refractivity contribution >= 4 is 10.0 Å². The maximum atomic E-state index is 12.9. The number of fused-ring (bicyclic) bond motifs is 2. The average Bonchev–Trinajstić information content (AvgIpc) is 3.31. The predicted octanol–water partition coefficient (Wildman–Crippen LogP) is 1.76. The molecule has 1 N–H and O–H groups in total. The predicted molar refractivity (Wildman–Crippen MR) is 96.4 cm³/mol. The highest BCUT2D eigenvalue weighted by atomic mass is 32.2. The molecule has 0 saturated carbocycles. The molecule has 0 aliphatic carbocycles. The van der Waals surface area contributed by atoms with E-state index in [1.807, 2.05) is 0 Å². The van der Waals surface area contributed by atoms with Crippen molar-refractivity contribution in [2.24, 2.45) is 0 Å². The summed E-state index contributed by atoms with van der Waals surface area (Å²) in [5, 5.41) is 6.76. The van der Waals surface area contributed by atoms with Gasteiger partial charge in [0.15, 0.2) is 0 Å². The molecule has 2 aromatic rings. The molecule has 7 nitrogen and oxygen atoms in total. The summed E-state index contributed by atoms with van der Waals surface area (Å²) in [5.41, 5.74) is 4.47. The van der Waals surface area contributed by atoms with E-state index < -0.39 is 10.0 Å². The summed E-state index contributed by atoms with van der Waals surface area (Å²) in [4.78, 5) is 0.267. The zero-order valence-corrected chi connectivity index (χ0v) is 16.1. The highest BCUT2D eigenvalue weighted by Crippen LogP contribution is 2.41. The van der Waals surface area contributed by atoms with Crippen LogP contribution < -0.4 is 9.47 Å². The fourth-order valence-electron chi connectivity index (χ4n) is 3.82. The largest absolute Gasteiger partial charge is 0.493 e. The number of nitrogens with zero attached hydrogens (tertiary/aromatic N) is 2. The van der Waals surface area contributed by atoms with Crippen molar-refractivity contribution in [2.45, 2.75) is 38.0 Å². The van der Waals surface area contributed by atoms with Gasteiger partial charge >= 0.3 is 0 Å². The van der Waals surface area contributed by atoms with Gasteiger partial charge in [-0.2, -0.15) is 5.10 Å². The summed E-state index contributed by atoms with van der Waals surface area (Å²) in [6, 6.07) is 2.08. The van der Waals surface area contributed by atoms with Crippen LogP contribution in [0.5, 0.6) is 11.5 Å². The van der Waals surface area contributed by atoms with E-state index >= 15 is 0 Å². The van der Waals surface area contributed by atoms with E-state index in [4.69, 9.17) is 9.47 Å². The quantitative estimate of drug-likeness (QED) is 0.858. The minimum absolute atomic E-state index is 0.267. The van der Waals surface area contributed by atoms with Crippen molar-refractivity contribution in [3.8, 4) is 11.5 Å².